The SMILES string of the molecule is CC(C)(C)NC(=NCCc1ccco1)NCCc1ccccc1.I. The molecule has 0 unspecified atom stereocenters. The van der Waals surface area contributed by atoms with Crippen LogP contribution in [0.25, 0.3) is 0 Å². The number of furan rings is 1. The Hall–Kier alpha value is -1.50. The first-order chi connectivity index (χ1) is 11.0. The first-order valence-electron chi connectivity index (χ1n) is 8.16. The molecule has 0 bridgehead atoms. The third-order valence-electron chi connectivity index (χ3n) is 3.25. The van der Waals surface area contributed by atoms with E-state index < -0.39 is 0 Å². The van der Waals surface area contributed by atoms with Gasteiger partial charge in [-0.15, -0.1) is 24.0 Å². The highest BCUT2D eigenvalue weighted by molar-refractivity contribution is 14.0. The van der Waals surface area contributed by atoms with Crippen molar-refractivity contribution in [1.29, 1.82) is 0 Å². The lowest BCUT2D eigenvalue weighted by Crippen LogP contribution is -2.48. The lowest BCUT2D eigenvalue weighted by Gasteiger charge is -2.24. The topological polar surface area (TPSA) is 49.6 Å². The predicted octanol–water partition coefficient (Wildman–Crippen LogP) is 4.02. The number of guanidine groups is 1. The fraction of sp³-hybridized carbons (Fsp3) is 0.421. The molecule has 2 aromatic rings. The summed E-state index contributed by atoms with van der Waals surface area (Å²) >= 11 is 0. The highest BCUT2D eigenvalue weighted by Gasteiger charge is 2.11. The van der Waals surface area contributed by atoms with E-state index in [2.05, 4.69) is 60.7 Å². The lowest BCUT2D eigenvalue weighted by molar-refractivity contribution is 0.497. The van der Waals surface area contributed by atoms with E-state index in [0.29, 0.717) is 6.54 Å². The number of hydrogen-bond donors (Lipinski definition) is 2. The molecule has 0 aliphatic rings. The second-order valence-corrected chi connectivity index (χ2v) is 6.60. The number of nitrogens with zero attached hydrogens (tertiary/aromatic N) is 1. The van der Waals surface area contributed by atoms with Gasteiger partial charge in [0.15, 0.2) is 5.96 Å². The Morgan fingerprint density at radius 2 is 1.79 bits per heavy atom. The third kappa shape index (κ3) is 8.38. The number of nitrogens with one attached hydrogen (secondary N) is 2. The summed E-state index contributed by atoms with van der Waals surface area (Å²) in [5.74, 6) is 1.81. The van der Waals surface area contributed by atoms with E-state index in [1.54, 1.807) is 6.26 Å². The summed E-state index contributed by atoms with van der Waals surface area (Å²) in [5, 5.41) is 6.84. The van der Waals surface area contributed by atoms with E-state index in [1.165, 1.54) is 5.56 Å². The van der Waals surface area contributed by atoms with Crippen LogP contribution in [0.1, 0.15) is 32.1 Å². The van der Waals surface area contributed by atoms with Gasteiger partial charge in [0.25, 0.3) is 0 Å². The molecular weight excluding hydrogens is 413 g/mol. The van der Waals surface area contributed by atoms with Crippen LogP contribution in [0.2, 0.25) is 0 Å². The van der Waals surface area contributed by atoms with Crippen LogP contribution in [0, 0.1) is 0 Å². The van der Waals surface area contributed by atoms with Gasteiger partial charge in [-0.25, -0.2) is 0 Å². The molecule has 5 heteroatoms. The maximum atomic E-state index is 5.35. The van der Waals surface area contributed by atoms with E-state index >= 15 is 0 Å². The second kappa shape index (κ2) is 10.4. The maximum Gasteiger partial charge on any atom is 0.191 e. The molecule has 2 rings (SSSR count). The van der Waals surface area contributed by atoms with E-state index in [1.807, 2.05) is 18.2 Å². The molecule has 0 aliphatic heterocycles. The second-order valence-electron chi connectivity index (χ2n) is 6.60. The van der Waals surface area contributed by atoms with Gasteiger partial charge >= 0.3 is 0 Å². The molecule has 1 heterocycles. The molecule has 1 aromatic heterocycles. The molecular formula is C19H28IN3O. The zero-order chi connectivity index (χ0) is 16.5. The van der Waals surface area contributed by atoms with Crippen LogP contribution < -0.4 is 10.6 Å². The van der Waals surface area contributed by atoms with Crippen molar-refractivity contribution in [2.45, 2.75) is 39.2 Å². The van der Waals surface area contributed by atoms with Gasteiger partial charge in [0.2, 0.25) is 0 Å². The average Bonchev–Trinajstić information content (AvgIpc) is 3.00. The van der Waals surface area contributed by atoms with Gasteiger partial charge in [-0.1, -0.05) is 30.3 Å². The Labute approximate surface area is 162 Å². The van der Waals surface area contributed by atoms with Crippen molar-refractivity contribution in [2.24, 2.45) is 4.99 Å². The standard InChI is InChI=1S/C19H27N3O.HI/c1-19(2,3)22-18(21-14-12-17-10-7-15-23-17)20-13-11-16-8-5-4-6-9-16;/h4-10,15H,11-14H2,1-3H3,(H2,20,21,22);1H. The van der Waals surface area contributed by atoms with Gasteiger partial charge in [-0.05, 0) is 44.9 Å². The van der Waals surface area contributed by atoms with Crippen molar-refractivity contribution >= 4 is 29.9 Å². The Kier molecular flexibility index (Phi) is 8.89. The zero-order valence-electron chi connectivity index (χ0n) is 14.7. The molecule has 0 radical (unpaired) electrons. The van der Waals surface area contributed by atoms with Gasteiger partial charge in [0.05, 0.1) is 6.26 Å². The summed E-state index contributed by atoms with van der Waals surface area (Å²) in [5.41, 5.74) is 1.30. The molecule has 2 N–H and O–H groups in total. The fourth-order valence-corrected chi connectivity index (χ4v) is 2.20. The van der Waals surface area contributed by atoms with Crippen LogP contribution >= 0.6 is 24.0 Å². The van der Waals surface area contributed by atoms with Gasteiger partial charge in [0.1, 0.15) is 5.76 Å². The highest BCUT2D eigenvalue weighted by atomic mass is 127. The molecule has 0 aliphatic carbocycles. The molecule has 24 heavy (non-hydrogen) atoms. The van der Waals surface area contributed by atoms with Crippen molar-refractivity contribution in [3.05, 3.63) is 60.1 Å². The molecule has 0 saturated heterocycles. The summed E-state index contributed by atoms with van der Waals surface area (Å²) in [6.45, 7) is 7.95. The minimum Gasteiger partial charge on any atom is -0.469 e. The molecule has 0 amide bonds. The monoisotopic (exact) mass is 441 g/mol. The summed E-state index contributed by atoms with van der Waals surface area (Å²) in [6.07, 6.45) is 3.48. The molecule has 4 nitrogen and oxygen atoms in total. The van der Waals surface area contributed by atoms with E-state index in [0.717, 1.165) is 31.1 Å². The lowest BCUT2D eigenvalue weighted by atomic mass is 10.1. The largest absolute Gasteiger partial charge is 0.469 e. The summed E-state index contributed by atoms with van der Waals surface area (Å²) < 4.78 is 5.35. The number of aliphatic imine (C=N–C) groups is 1. The van der Waals surface area contributed by atoms with E-state index in [-0.39, 0.29) is 29.5 Å². The van der Waals surface area contributed by atoms with Crippen LogP contribution in [-0.4, -0.2) is 24.6 Å². The number of hydrogen-bond acceptors (Lipinski definition) is 2. The Morgan fingerprint density at radius 3 is 2.42 bits per heavy atom. The van der Waals surface area contributed by atoms with Crippen molar-refractivity contribution in [3.63, 3.8) is 0 Å². The van der Waals surface area contributed by atoms with Crippen LogP contribution in [0.15, 0.2) is 58.1 Å². The third-order valence-corrected chi connectivity index (χ3v) is 3.25. The number of rotatable bonds is 6. The van der Waals surface area contributed by atoms with E-state index in [4.69, 9.17) is 4.42 Å². The van der Waals surface area contributed by atoms with Crippen LogP contribution in [0.4, 0.5) is 0 Å². The zero-order valence-corrected chi connectivity index (χ0v) is 17.0. The van der Waals surface area contributed by atoms with Gasteiger partial charge in [-0.2, -0.15) is 0 Å². The van der Waals surface area contributed by atoms with Crippen LogP contribution in [0.3, 0.4) is 0 Å². The molecule has 0 atom stereocenters. The van der Waals surface area contributed by atoms with Gasteiger partial charge < -0.3 is 15.1 Å². The summed E-state index contributed by atoms with van der Waals surface area (Å²) in [6, 6.07) is 14.4. The molecule has 0 saturated carbocycles. The van der Waals surface area contributed by atoms with Gasteiger partial charge in [0, 0.05) is 25.0 Å². The normalized spacial score (nSPS) is 11.7. The summed E-state index contributed by atoms with van der Waals surface area (Å²) in [7, 11) is 0. The minimum absolute atomic E-state index is 0. The number of halogens is 1. The molecule has 0 spiro atoms. The Balaban J connectivity index is 0.00000288. The predicted molar refractivity (Wildman–Crippen MR) is 111 cm³/mol. The molecule has 1 aromatic carbocycles. The Morgan fingerprint density at radius 1 is 1.04 bits per heavy atom. The number of benzene rings is 1. The van der Waals surface area contributed by atoms with Gasteiger partial charge in [-0.3, -0.25) is 4.99 Å². The highest BCUT2D eigenvalue weighted by Crippen LogP contribution is 2.02. The Bertz CT molecular complexity index is 589. The maximum absolute atomic E-state index is 5.35. The van der Waals surface area contributed by atoms with E-state index in [9.17, 15) is 0 Å². The van der Waals surface area contributed by atoms with Crippen molar-refractivity contribution < 1.29 is 4.42 Å². The molecule has 0 fully saturated rings. The van der Waals surface area contributed by atoms with Crippen molar-refractivity contribution in [3.8, 4) is 0 Å². The quantitative estimate of drug-likeness (QED) is 0.405. The first-order valence-corrected chi connectivity index (χ1v) is 8.16. The fourth-order valence-electron chi connectivity index (χ4n) is 2.20. The first kappa shape index (κ1) is 20.5. The summed E-state index contributed by atoms with van der Waals surface area (Å²) in [4.78, 5) is 4.65. The average molecular weight is 441 g/mol. The minimum atomic E-state index is -0.0245. The molecule has 132 valence electrons. The smallest absolute Gasteiger partial charge is 0.191 e. The van der Waals surface area contributed by atoms with Crippen LogP contribution in [-0.2, 0) is 12.8 Å². The van der Waals surface area contributed by atoms with Crippen LogP contribution in [0.5, 0.6) is 0 Å². The van der Waals surface area contributed by atoms with Crippen molar-refractivity contribution in [1.82, 2.24) is 10.6 Å². The van der Waals surface area contributed by atoms with Crippen molar-refractivity contribution in [2.75, 3.05) is 13.1 Å².